The van der Waals surface area contributed by atoms with E-state index in [2.05, 4.69) is 17.9 Å². The average Bonchev–Trinajstić information content (AvgIpc) is 3.62. The molecule has 10 heteroatoms. The molecule has 198 valence electrons. The number of morpholine rings is 1. The van der Waals surface area contributed by atoms with Crippen molar-refractivity contribution in [3.8, 4) is 0 Å². The maximum atomic E-state index is 13.8. The van der Waals surface area contributed by atoms with Gasteiger partial charge in [-0.2, -0.15) is 4.31 Å². The Morgan fingerprint density at radius 3 is 2.49 bits per heavy atom. The standard InChI is InChI=1S/C27H34N4O4S2/c1-2-21-7-5-8-24-25(21)28-27(36-24)31(16-6-13-29-17-19-35-20-18-29)26(32)22-9-11-23(12-10-22)37(33,34)30-14-3-4-15-30/h5,7-12H,2-4,6,13-20H2,1H3. The first kappa shape index (κ1) is 26.2. The number of carbonyl (C=O) groups is 1. The zero-order valence-electron chi connectivity index (χ0n) is 21.3. The van der Waals surface area contributed by atoms with Crippen molar-refractivity contribution >= 4 is 42.6 Å². The Bertz CT molecular complexity index is 1330. The molecular formula is C27H34N4O4S2. The largest absolute Gasteiger partial charge is 0.379 e. The number of fused-ring (bicyclic) bond motifs is 1. The predicted molar refractivity (Wildman–Crippen MR) is 147 cm³/mol. The lowest BCUT2D eigenvalue weighted by atomic mass is 10.1. The normalized spacial score (nSPS) is 17.4. The van der Waals surface area contributed by atoms with Gasteiger partial charge in [0, 0.05) is 44.8 Å². The molecule has 2 saturated heterocycles. The van der Waals surface area contributed by atoms with Crippen LogP contribution >= 0.6 is 11.3 Å². The smallest absolute Gasteiger partial charge is 0.260 e. The third-order valence-corrected chi connectivity index (χ3v) is 10.1. The summed E-state index contributed by atoms with van der Waals surface area (Å²) in [6.45, 7) is 7.92. The number of anilines is 1. The topological polar surface area (TPSA) is 83.0 Å². The summed E-state index contributed by atoms with van der Waals surface area (Å²) in [5, 5.41) is 0.677. The van der Waals surface area contributed by atoms with Crippen LogP contribution in [0.1, 0.15) is 42.1 Å². The van der Waals surface area contributed by atoms with Crippen molar-refractivity contribution in [3.05, 3.63) is 53.6 Å². The first-order chi connectivity index (χ1) is 18.0. The Morgan fingerprint density at radius 1 is 1.05 bits per heavy atom. The first-order valence-corrected chi connectivity index (χ1v) is 15.3. The van der Waals surface area contributed by atoms with E-state index in [9.17, 15) is 13.2 Å². The number of thiazole rings is 1. The van der Waals surface area contributed by atoms with Crippen molar-refractivity contribution in [2.75, 3.05) is 57.4 Å². The van der Waals surface area contributed by atoms with Gasteiger partial charge in [-0.15, -0.1) is 0 Å². The minimum absolute atomic E-state index is 0.163. The second-order valence-corrected chi connectivity index (χ2v) is 12.5. The number of para-hydroxylation sites is 1. The number of rotatable bonds is 9. The highest BCUT2D eigenvalue weighted by molar-refractivity contribution is 7.89. The van der Waals surface area contributed by atoms with Crippen molar-refractivity contribution in [3.63, 3.8) is 0 Å². The zero-order valence-corrected chi connectivity index (χ0v) is 22.9. The summed E-state index contributed by atoms with van der Waals surface area (Å²) >= 11 is 1.53. The summed E-state index contributed by atoms with van der Waals surface area (Å²) in [6.07, 6.45) is 3.45. The van der Waals surface area contributed by atoms with Crippen molar-refractivity contribution < 1.29 is 17.9 Å². The molecule has 3 aromatic rings. The Labute approximate surface area is 222 Å². The van der Waals surface area contributed by atoms with E-state index in [4.69, 9.17) is 9.72 Å². The molecule has 0 radical (unpaired) electrons. The van der Waals surface area contributed by atoms with Gasteiger partial charge in [-0.05, 0) is 61.6 Å². The lowest BCUT2D eigenvalue weighted by Gasteiger charge is -2.27. The Balaban J connectivity index is 1.39. The predicted octanol–water partition coefficient (Wildman–Crippen LogP) is 4.01. The van der Waals surface area contributed by atoms with Gasteiger partial charge in [0.2, 0.25) is 10.0 Å². The van der Waals surface area contributed by atoms with Crippen LogP contribution in [-0.4, -0.2) is 81.0 Å². The van der Waals surface area contributed by atoms with E-state index in [1.807, 2.05) is 12.1 Å². The summed E-state index contributed by atoms with van der Waals surface area (Å²) in [7, 11) is -3.52. The van der Waals surface area contributed by atoms with Crippen LogP contribution in [0.4, 0.5) is 5.13 Å². The molecule has 2 aromatic carbocycles. The van der Waals surface area contributed by atoms with Crippen molar-refractivity contribution in [2.24, 2.45) is 0 Å². The van der Waals surface area contributed by atoms with E-state index < -0.39 is 10.0 Å². The van der Waals surface area contributed by atoms with E-state index in [1.54, 1.807) is 29.2 Å². The third kappa shape index (κ3) is 5.73. The molecule has 0 N–H and O–H groups in total. The van der Waals surface area contributed by atoms with Crippen LogP contribution in [0.5, 0.6) is 0 Å². The SMILES string of the molecule is CCc1cccc2sc(N(CCCN3CCOCC3)C(=O)c3ccc(S(=O)(=O)N4CCCC4)cc3)nc12. The van der Waals surface area contributed by atoms with Crippen LogP contribution < -0.4 is 4.90 Å². The number of ether oxygens (including phenoxy) is 1. The monoisotopic (exact) mass is 542 g/mol. The average molecular weight is 543 g/mol. The van der Waals surface area contributed by atoms with Gasteiger partial charge in [0.1, 0.15) is 0 Å². The highest BCUT2D eigenvalue weighted by Gasteiger charge is 2.28. The molecule has 0 spiro atoms. The molecule has 37 heavy (non-hydrogen) atoms. The molecule has 2 aliphatic rings. The minimum Gasteiger partial charge on any atom is -0.379 e. The van der Waals surface area contributed by atoms with Crippen LogP contribution in [0.3, 0.4) is 0 Å². The van der Waals surface area contributed by atoms with E-state index in [-0.39, 0.29) is 10.8 Å². The summed E-state index contributed by atoms with van der Waals surface area (Å²) in [5.41, 5.74) is 2.57. The molecule has 0 unspecified atom stereocenters. The summed E-state index contributed by atoms with van der Waals surface area (Å²) < 4.78 is 33.9. The number of hydrogen-bond donors (Lipinski definition) is 0. The molecule has 0 saturated carbocycles. The van der Waals surface area contributed by atoms with Crippen molar-refractivity contribution in [2.45, 2.75) is 37.5 Å². The number of benzene rings is 2. The summed E-state index contributed by atoms with van der Waals surface area (Å²) in [6, 6.07) is 12.5. The maximum Gasteiger partial charge on any atom is 0.260 e. The number of amides is 1. The Morgan fingerprint density at radius 2 is 1.78 bits per heavy atom. The molecule has 0 bridgehead atoms. The number of hydrogen-bond acceptors (Lipinski definition) is 7. The van der Waals surface area contributed by atoms with Gasteiger partial charge in [0.05, 0.1) is 28.3 Å². The first-order valence-electron chi connectivity index (χ1n) is 13.1. The fraction of sp³-hybridized carbons (Fsp3) is 0.481. The van der Waals surface area contributed by atoms with Crippen molar-refractivity contribution in [1.82, 2.24) is 14.2 Å². The minimum atomic E-state index is -3.52. The number of sulfonamides is 1. The zero-order chi connectivity index (χ0) is 25.8. The number of aryl methyl sites for hydroxylation is 1. The highest BCUT2D eigenvalue weighted by Crippen LogP contribution is 2.32. The van der Waals surface area contributed by atoms with Gasteiger partial charge in [0.25, 0.3) is 5.91 Å². The molecule has 2 aliphatic heterocycles. The highest BCUT2D eigenvalue weighted by atomic mass is 32.2. The van der Waals surface area contributed by atoms with E-state index in [0.717, 1.165) is 74.3 Å². The molecule has 0 aliphatic carbocycles. The van der Waals surface area contributed by atoms with Gasteiger partial charge in [-0.3, -0.25) is 14.6 Å². The van der Waals surface area contributed by atoms with Crippen LogP contribution in [0.25, 0.3) is 10.2 Å². The lowest BCUT2D eigenvalue weighted by molar-refractivity contribution is 0.0376. The quantitative estimate of drug-likeness (QED) is 0.406. The molecule has 1 amide bonds. The second kappa shape index (κ2) is 11.6. The summed E-state index contributed by atoms with van der Waals surface area (Å²) in [4.78, 5) is 23.0. The van der Waals surface area contributed by atoms with Crippen LogP contribution in [0, 0.1) is 0 Å². The Kier molecular flexibility index (Phi) is 8.21. The second-order valence-electron chi connectivity index (χ2n) is 9.51. The van der Waals surface area contributed by atoms with Crippen LogP contribution in [-0.2, 0) is 21.2 Å². The van der Waals surface area contributed by atoms with Crippen LogP contribution in [0.15, 0.2) is 47.4 Å². The molecule has 0 atom stereocenters. The molecule has 8 nitrogen and oxygen atoms in total. The van der Waals surface area contributed by atoms with Gasteiger partial charge in [-0.25, -0.2) is 13.4 Å². The molecular weight excluding hydrogens is 508 g/mol. The molecule has 2 fully saturated rings. The molecule has 3 heterocycles. The Hall–Kier alpha value is -2.37. The number of aromatic nitrogens is 1. The summed E-state index contributed by atoms with van der Waals surface area (Å²) in [5.74, 6) is -0.163. The third-order valence-electron chi connectivity index (χ3n) is 7.11. The fourth-order valence-corrected chi connectivity index (χ4v) is 7.51. The number of nitrogens with zero attached hydrogens (tertiary/aromatic N) is 4. The molecule has 1 aromatic heterocycles. The van der Waals surface area contributed by atoms with E-state index >= 15 is 0 Å². The van der Waals surface area contributed by atoms with Gasteiger partial charge in [-0.1, -0.05) is 30.4 Å². The van der Waals surface area contributed by atoms with E-state index in [0.29, 0.717) is 30.3 Å². The molecule has 5 rings (SSSR count). The van der Waals surface area contributed by atoms with Gasteiger partial charge >= 0.3 is 0 Å². The van der Waals surface area contributed by atoms with Gasteiger partial charge in [0.15, 0.2) is 5.13 Å². The van der Waals surface area contributed by atoms with E-state index in [1.165, 1.54) is 15.6 Å². The van der Waals surface area contributed by atoms with Crippen LogP contribution in [0.2, 0.25) is 0 Å². The van der Waals surface area contributed by atoms with Crippen molar-refractivity contribution in [1.29, 1.82) is 0 Å². The lowest BCUT2D eigenvalue weighted by Crippen LogP contribution is -2.39. The maximum absolute atomic E-state index is 13.8. The fourth-order valence-electron chi connectivity index (χ4n) is 4.96. The number of carbonyl (C=O) groups excluding carboxylic acids is 1. The van der Waals surface area contributed by atoms with Gasteiger partial charge < -0.3 is 4.74 Å².